The topological polar surface area (TPSA) is 86.7 Å². The van der Waals surface area contributed by atoms with Crippen LogP contribution in [0.3, 0.4) is 0 Å². The normalized spacial score (nSPS) is 17.1. The predicted molar refractivity (Wildman–Crippen MR) is 110 cm³/mol. The van der Waals surface area contributed by atoms with Gasteiger partial charge in [0.05, 0.1) is 34.7 Å². The Bertz CT molecular complexity index is 934. The molecule has 3 rings (SSSR count). The minimum absolute atomic E-state index is 0.116. The van der Waals surface area contributed by atoms with E-state index in [4.69, 9.17) is 11.6 Å². The Morgan fingerprint density at radius 2 is 1.93 bits per heavy atom. The van der Waals surface area contributed by atoms with E-state index in [-0.39, 0.29) is 22.9 Å². The first-order valence-electron chi connectivity index (χ1n) is 9.16. The van der Waals surface area contributed by atoms with Crippen LogP contribution in [0.25, 0.3) is 0 Å². The van der Waals surface area contributed by atoms with Crippen molar-refractivity contribution in [1.82, 2.24) is 5.32 Å². The highest BCUT2D eigenvalue weighted by molar-refractivity contribution is 7.92. The van der Waals surface area contributed by atoms with E-state index in [9.17, 15) is 18.3 Å². The fraction of sp³-hybridized carbons (Fsp3) is 0.350. The highest BCUT2D eigenvalue weighted by Gasteiger charge is 2.27. The minimum Gasteiger partial charge on any atom is -0.394 e. The molecule has 0 aliphatic carbocycles. The molecule has 6 nitrogen and oxygen atoms in total. The number of rotatable bonds is 6. The Labute approximate surface area is 170 Å². The fourth-order valence-corrected chi connectivity index (χ4v) is 5.14. The average Bonchev–Trinajstić information content (AvgIpc) is 2.67. The van der Waals surface area contributed by atoms with Gasteiger partial charge < -0.3 is 10.4 Å². The maximum atomic E-state index is 12.6. The van der Waals surface area contributed by atoms with E-state index in [2.05, 4.69) is 5.32 Å². The zero-order chi connectivity index (χ0) is 20.1. The van der Waals surface area contributed by atoms with Crippen LogP contribution in [0, 0.1) is 0 Å². The number of carbonyl (C=O) groups is 1. The molecule has 1 heterocycles. The summed E-state index contributed by atoms with van der Waals surface area (Å²) in [7, 11) is -3.34. The molecule has 150 valence electrons. The smallest absolute Gasteiger partial charge is 0.253 e. The van der Waals surface area contributed by atoms with E-state index in [0.29, 0.717) is 25.1 Å². The lowest BCUT2D eigenvalue weighted by Crippen LogP contribution is -2.39. The second kappa shape index (κ2) is 8.94. The van der Waals surface area contributed by atoms with Gasteiger partial charge >= 0.3 is 0 Å². The number of hydrogen-bond donors (Lipinski definition) is 2. The van der Waals surface area contributed by atoms with Crippen molar-refractivity contribution in [3.63, 3.8) is 0 Å². The minimum atomic E-state index is -3.34. The van der Waals surface area contributed by atoms with Crippen LogP contribution in [0.15, 0.2) is 48.5 Å². The number of nitrogens with zero attached hydrogens (tertiary/aromatic N) is 1. The fourth-order valence-electron chi connectivity index (χ4n) is 3.25. The Kier molecular flexibility index (Phi) is 6.59. The van der Waals surface area contributed by atoms with Gasteiger partial charge in [0.15, 0.2) is 0 Å². The van der Waals surface area contributed by atoms with Crippen LogP contribution in [-0.4, -0.2) is 44.4 Å². The third kappa shape index (κ3) is 4.84. The van der Waals surface area contributed by atoms with Gasteiger partial charge in [0.1, 0.15) is 0 Å². The van der Waals surface area contributed by atoms with Crippen molar-refractivity contribution in [3.8, 4) is 0 Å². The van der Waals surface area contributed by atoms with Gasteiger partial charge in [-0.3, -0.25) is 9.10 Å². The number of anilines is 1. The number of aliphatic hydroxyl groups is 1. The summed E-state index contributed by atoms with van der Waals surface area (Å²) in [5.74, 6) is -0.294. The standard InChI is InChI=1S/C20H23ClN2O4S/c21-19-13-17(23-10-4-5-11-28(23,26)27)8-9-18(19)20(25)22-16(14-24)12-15-6-2-1-3-7-15/h1-3,6-9,13,16,24H,4-5,10-12,14H2,(H,22,25)/t16-/m0/s1. The van der Waals surface area contributed by atoms with Gasteiger partial charge in [-0.2, -0.15) is 0 Å². The van der Waals surface area contributed by atoms with Crippen molar-refractivity contribution >= 4 is 33.2 Å². The van der Waals surface area contributed by atoms with Crippen LogP contribution >= 0.6 is 11.6 Å². The molecule has 1 atom stereocenters. The number of sulfonamides is 1. The molecule has 2 aromatic rings. The molecule has 28 heavy (non-hydrogen) atoms. The molecule has 1 aliphatic heterocycles. The molecule has 1 saturated heterocycles. The first-order chi connectivity index (χ1) is 13.4. The summed E-state index contributed by atoms with van der Waals surface area (Å²) in [4.78, 5) is 12.6. The third-order valence-electron chi connectivity index (χ3n) is 4.72. The molecule has 0 radical (unpaired) electrons. The van der Waals surface area contributed by atoms with Crippen molar-refractivity contribution < 1.29 is 18.3 Å². The molecule has 0 saturated carbocycles. The van der Waals surface area contributed by atoms with Gasteiger partial charge in [0, 0.05) is 6.54 Å². The molecule has 0 unspecified atom stereocenters. The Balaban J connectivity index is 1.73. The molecule has 1 amide bonds. The predicted octanol–water partition coefficient (Wildman–Crippen LogP) is 2.60. The maximum absolute atomic E-state index is 12.6. The van der Waals surface area contributed by atoms with Crippen molar-refractivity contribution in [2.24, 2.45) is 0 Å². The summed E-state index contributed by atoms with van der Waals surface area (Å²) in [5, 5.41) is 12.6. The molecule has 8 heteroatoms. The monoisotopic (exact) mass is 422 g/mol. The van der Waals surface area contributed by atoms with Gasteiger partial charge in [-0.05, 0) is 43.0 Å². The average molecular weight is 423 g/mol. The zero-order valence-electron chi connectivity index (χ0n) is 15.3. The molecule has 0 spiro atoms. The number of benzene rings is 2. The second-order valence-electron chi connectivity index (χ2n) is 6.80. The van der Waals surface area contributed by atoms with Crippen molar-refractivity contribution in [3.05, 3.63) is 64.7 Å². The lowest BCUT2D eigenvalue weighted by Gasteiger charge is -2.28. The summed E-state index contributed by atoms with van der Waals surface area (Å²) in [5.41, 5.74) is 1.70. The quantitative estimate of drug-likeness (QED) is 0.749. The summed E-state index contributed by atoms with van der Waals surface area (Å²) >= 11 is 6.28. The number of nitrogens with one attached hydrogen (secondary N) is 1. The van der Waals surface area contributed by atoms with Crippen molar-refractivity contribution in [2.45, 2.75) is 25.3 Å². The highest BCUT2D eigenvalue weighted by Crippen LogP contribution is 2.28. The molecule has 0 bridgehead atoms. The molecular formula is C20H23ClN2O4S. The Morgan fingerprint density at radius 3 is 2.57 bits per heavy atom. The number of amides is 1. The number of halogens is 1. The van der Waals surface area contributed by atoms with Gasteiger partial charge in [0.2, 0.25) is 10.0 Å². The summed E-state index contributed by atoms with van der Waals surface area (Å²) in [6, 6.07) is 13.7. The third-order valence-corrected chi connectivity index (χ3v) is 6.90. The van der Waals surface area contributed by atoms with Crippen LogP contribution < -0.4 is 9.62 Å². The Morgan fingerprint density at radius 1 is 1.18 bits per heavy atom. The summed E-state index contributed by atoms with van der Waals surface area (Å²) in [6.45, 7) is 0.205. The molecule has 1 fully saturated rings. The Hall–Kier alpha value is -2.09. The van der Waals surface area contributed by atoms with E-state index in [1.165, 1.54) is 16.4 Å². The van der Waals surface area contributed by atoms with Gasteiger partial charge in [-0.15, -0.1) is 0 Å². The van der Waals surface area contributed by atoms with Crippen LogP contribution in [0.1, 0.15) is 28.8 Å². The van der Waals surface area contributed by atoms with Gasteiger partial charge in [-0.25, -0.2) is 8.42 Å². The van der Waals surface area contributed by atoms with E-state index in [1.807, 2.05) is 30.3 Å². The lowest BCUT2D eigenvalue weighted by atomic mass is 10.1. The maximum Gasteiger partial charge on any atom is 0.253 e. The van der Waals surface area contributed by atoms with Crippen molar-refractivity contribution in [2.75, 3.05) is 23.2 Å². The molecule has 2 aromatic carbocycles. The van der Waals surface area contributed by atoms with E-state index in [0.717, 1.165) is 12.0 Å². The number of hydrogen-bond acceptors (Lipinski definition) is 4. The first-order valence-corrected chi connectivity index (χ1v) is 11.1. The summed E-state index contributed by atoms with van der Waals surface area (Å²) in [6.07, 6.45) is 1.93. The van der Waals surface area contributed by atoms with Crippen LogP contribution in [0.5, 0.6) is 0 Å². The van der Waals surface area contributed by atoms with Crippen LogP contribution in [-0.2, 0) is 16.4 Å². The zero-order valence-corrected chi connectivity index (χ0v) is 16.9. The highest BCUT2D eigenvalue weighted by atomic mass is 35.5. The molecular weight excluding hydrogens is 400 g/mol. The van der Waals surface area contributed by atoms with Crippen LogP contribution in [0.4, 0.5) is 5.69 Å². The SMILES string of the molecule is O=C(N[C@H](CO)Cc1ccccc1)c1ccc(N2CCCCS2(=O)=O)cc1Cl. The first kappa shape index (κ1) is 20.6. The van der Waals surface area contributed by atoms with Gasteiger partial charge in [0.25, 0.3) is 5.91 Å². The van der Waals surface area contributed by atoms with Crippen LogP contribution in [0.2, 0.25) is 5.02 Å². The van der Waals surface area contributed by atoms with E-state index in [1.54, 1.807) is 6.07 Å². The molecule has 2 N–H and O–H groups in total. The number of aliphatic hydroxyl groups excluding tert-OH is 1. The van der Waals surface area contributed by atoms with E-state index < -0.39 is 22.0 Å². The molecule has 0 aromatic heterocycles. The molecule has 1 aliphatic rings. The summed E-state index contributed by atoms with van der Waals surface area (Å²) < 4.78 is 25.8. The lowest BCUT2D eigenvalue weighted by molar-refractivity contribution is 0.0916. The second-order valence-corrected chi connectivity index (χ2v) is 9.22. The van der Waals surface area contributed by atoms with Gasteiger partial charge in [-0.1, -0.05) is 41.9 Å². The largest absolute Gasteiger partial charge is 0.394 e. The number of carbonyl (C=O) groups excluding carboxylic acids is 1. The van der Waals surface area contributed by atoms with Crippen molar-refractivity contribution in [1.29, 1.82) is 0 Å². The van der Waals surface area contributed by atoms with E-state index >= 15 is 0 Å².